The summed E-state index contributed by atoms with van der Waals surface area (Å²) in [6.07, 6.45) is 3.02. The second kappa shape index (κ2) is 7.81. The monoisotopic (exact) mass is 430 g/mol. The average molecular weight is 430 g/mol. The van der Waals surface area contributed by atoms with Crippen molar-refractivity contribution >= 4 is 28.3 Å². The fourth-order valence-electron chi connectivity index (χ4n) is 3.56. The maximum absolute atomic E-state index is 12.9. The van der Waals surface area contributed by atoms with Gasteiger partial charge in [-0.1, -0.05) is 59.9 Å². The lowest BCUT2D eigenvalue weighted by Gasteiger charge is -2.23. The molecule has 154 valence electrons. The normalized spacial score (nSPS) is 15.3. The first-order valence-electron chi connectivity index (χ1n) is 9.74. The van der Waals surface area contributed by atoms with Gasteiger partial charge in [-0.15, -0.1) is 0 Å². The number of amides is 1. The van der Waals surface area contributed by atoms with Crippen LogP contribution in [0.25, 0.3) is 22.0 Å². The average Bonchev–Trinajstić information content (AvgIpc) is 3.40. The lowest BCUT2D eigenvalue weighted by atomic mass is 9.98. The number of hydrogen-bond acceptors (Lipinski definition) is 6. The highest BCUT2D eigenvalue weighted by molar-refractivity contribution is 7.19. The predicted molar refractivity (Wildman–Crippen MR) is 118 cm³/mol. The first-order valence-corrected chi connectivity index (χ1v) is 10.6. The van der Waals surface area contributed by atoms with Gasteiger partial charge in [-0.3, -0.25) is 10.1 Å². The summed E-state index contributed by atoms with van der Waals surface area (Å²) in [5.74, 6) is -0.128. The second-order valence-electron chi connectivity index (χ2n) is 7.17. The van der Waals surface area contributed by atoms with Gasteiger partial charge in [0.15, 0.2) is 17.1 Å². The Bertz CT molecular complexity index is 1280. The number of aromatic nitrogens is 3. The smallest absolute Gasteiger partial charge is 0.339 e. The molecule has 0 radical (unpaired) electrons. The minimum atomic E-state index is -0.900. The molecule has 1 aliphatic heterocycles. The van der Waals surface area contributed by atoms with E-state index in [-0.39, 0.29) is 0 Å². The van der Waals surface area contributed by atoms with Crippen LogP contribution >= 0.6 is 11.3 Å². The Morgan fingerprint density at radius 1 is 1.16 bits per heavy atom. The zero-order chi connectivity index (χ0) is 21.4. The Labute approximate surface area is 182 Å². The van der Waals surface area contributed by atoms with Crippen molar-refractivity contribution in [1.82, 2.24) is 14.5 Å². The fourth-order valence-corrected chi connectivity index (χ4v) is 4.59. The molecule has 0 bridgehead atoms. The molecular weight excluding hydrogens is 412 g/mol. The van der Waals surface area contributed by atoms with E-state index >= 15 is 0 Å². The molecule has 1 unspecified atom stereocenters. The number of nitrogens with one attached hydrogen (secondary N) is 1. The van der Waals surface area contributed by atoms with E-state index in [1.54, 1.807) is 18.3 Å². The third kappa shape index (κ3) is 3.62. The number of thiazole rings is 1. The molecule has 1 N–H and O–H groups in total. The van der Waals surface area contributed by atoms with Gasteiger partial charge < -0.3 is 9.30 Å². The van der Waals surface area contributed by atoms with Crippen LogP contribution in [0.15, 0.2) is 67.0 Å². The predicted octanol–water partition coefficient (Wildman–Crippen LogP) is 3.93. The number of fused-ring (bicyclic) bond motifs is 1. The van der Waals surface area contributed by atoms with Crippen LogP contribution in [0.4, 0.5) is 5.13 Å². The molecule has 1 atom stereocenters. The minimum Gasteiger partial charge on any atom is -0.448 e. The first kappa shape index (κ1) is 19.2. The number of imidazole rings is 1. The van der Waals surface area contributed by atoms with Crippen LogP contribution < -0.4 is 5.32 Å². The molecule has 4 aromatic rings. The van der Waals surface area contributed by atoms with Gasteiger partial charge in [-0.05, 0) is 11.6 Å². The molecule has 0 spiro atoms. The molecule has 7 nitrogen and oxygen atoms in total. The van der Waals surface area contributed by atoms with Gasteiger partial charge in [0.25, 0.3) is 5.91 Å². The van der Waals surface area contributed by atoms with Crippen molar-refractivity contribution < 1.29 is 14.3 Å². The number of carbonyl (C=O) groups excluding carboxylic acids is 2. The number of aryl methyl sites for hydroxylation is 1. The largest absolute Gasteiger partial charge is 0.448 e. The van der Waals surface area contributed by atoms with Crippen LogP contribution in [0.3, 0.4) is 0 Å². The van der Waals surface area contributed by atoms with Crippen molar-refractivity contribution in [3.8, 4) is 22.0 Å². The van der Waals surface area contributed by atoms with E-state index in [2.05, 4.69) is 15.3 Å². The Hall–Kier alpha value is -3.78. The number of nitrogens with zero attached hydrogens (tertiary/aromatic N) is 3. The molecule has 0 fully saturated rings. The van der Waals surface area contributed by atoms with Crippen LogP contribution in [-0.2, 0) is 23.0 Å². The summed E-state index contributed by atoms with van der Waals surface area (Å²) in [6.45, 7) is 0. The third-order valence-corrected chi connectivity index (χ3v) is 6.08. The highest BCUT2D eigenvalue weighted by Gasteiger charge is 2.32. The van der Waals surface area contributed by atoms with Crippen molar-refractivity contribution in [3.05, 3.63) is 78.1 Å². The summed E-state index contributed by atoms with van der Waals surface area (Å²) < 4.78 is 7.28. The molecule has 1 aliphatic rings. The third-order valence-electron chi connectivity index (χ3n) is 5.11. The molecule has 2 aromatic carbocycles. The van der Waals surface area contributed by atoms with E-state index in [0.717, 1.165) is 27.5 Å². The fraction of sp³-hybridized carbons (Fsp3) is 0.130. The van der Waals surface area contributed by atoms with Gasteiger partial charge in [0.2, 0.25) is 0 Å². The van der Waals surface area contributed by atoms with E-state index in [9.17, 15) is 9.59 Å². The number of benzene rings is 2. The molecule has 0 saturated heterocycles. The summed E-state index contributed by atoms with van der Waals surface area (Å²) in [5, 5.41) is 3.26. The van der Waals surface area contributed by atoms with Crippen LogP contribution in [-0.4, -0.2) is 32.5 Å². The van der Waals surface area contributed by atoms with Crippen LogP contribution in [0, 0.1) is 0 Å². The molecule has 2 aromatic heterocycles. The summed E-state index contributed by atoms with van der Waals surface area (Å²) in [5.41, 5.74) is 2.97. The highest BCUT2D eigenvalue weighted by atomic mass is 32.1. The number of carbonyl (C=O) groups is 2. The van der Waals surface area contributed by atoms with Gasteiger partial charge in [0, 0.05) is 31.4 Å². The zero-order valence-corrected chi connectivity index (χ0v) is 17.4. The first-order chi connectivity index (χ1) is 15.1. The summed E-state index contributed by atoms with van der Waals surface area (Å²) in [7, 11) is 1.91. The molecule has 5 rings (SSSR count). The molecular formula is C23H18N4O3S. The Kier molecular flexibility index (Phi) is 4.83. The number of ether oxygens (including phenoxy) is 1. The molecule has 1 amide bonds. The Morgan fingerprint density at radius 3 is 2.71 bits per heavy atom. The van der Waals surface area contributed by atoms with Gasteiger partial charge in [-0.25, -0.2) is 14.8 Å². The Morgan fingerprint density at radius 2 is 1.94 bits per heavy atom. The zero-order valence-electron chi connectivity index (χ0n) is 16.6. The number of anilines is 1. The number of rotatable bonds is 4. The summed E-state index contributed by atoms with van der Waals surface area (Å²) in [6, 6.07) is 16.9. The van der Waals surface area contributed by atoms with Crippen molar-refractivity contribution in [1.29, 1.82) is 0 Å². The maximum Gasteiger partial charge on any atom is 0.339 e. The molecule has 8 heteroatoms. The lowest BCUT2D eigenvalue weighted by Crippen LogP contribution is -2.37. The second-order valence-corrected chi connectivity index (χ2v) is 8.17. The SMILES string of the molecule is Cn1ccnc1-c1sc(NC(=O)C2Cc3ccccc3C(=O)O2)nc1-c1ccccc1. The number of hydrogen-bond donors (Lipinski definition) is 1. The van der Waals surface area contributed by atoms with Crippen LogP contribution in [0.1, 0.15) is 15.9 Å². The summed E-state index contributed by atoms with van der Waals surface area (Å²) in [4.78, 5) is 35.1. The topological polar surface area (TPSA) is 86.1 Å². The van der Waals surface area contributed by atoms with Gasteiger partial charge >= 0.3 is 5.97 Å². The summed E-state index contributed by atoms with van der Waals surface area (Å²) >= 11 is 1.34. The standard InChI is InChI=1S/C23H18N4O3S/c1-27-12-11-24-20(27)19-18(14-7-3-2-4-8-14)25-23(31-19)26-21(28)17-13-15-9-5-6-10-16(15)22(29)30-17/h2-12,17H,13H2,1H3,(H,25,26,28). The van der Waals surface area contributed by atoms with Gasteiger partial charge in [-0.2, -0.15) is 0 Å². The van der Waals surface area contributed by atoms with Gasteiger partial charge in [0.1, 0.15) is 0 Å². The minimum absolute atomic E-state index is 0.330. The number of cyclic esters (lactones) is 1. The van der Waals surface area contributed by atoms with E-state index in [4.69, 9.17) is 4.74 Å². The van der Waals surface area contributed by atoms with Crippen molar-refractivity contribution in [3.63, 3.8) is 0 Å². The van der Waals surface area contributed by atoms with Gasteiger partial charge in [0.05, 0.1) is 16.1 Å². The van der Waals surface area contributed by atoms with Crippen molar-refractivity contribution in [2.75, 3.05) is 5.32 Å². The lowest BCUT2D eigenvalue weighted by molar-refractivity contribution is -0.125. The molecule has 0 aliphatic carbocycles. The molecule has 31 heavy (non-hydrogen) atoms. The van der Waals surface area contributed by atoms with Crippen molar-refractivity contribution in [2.45, 2.75) is 12.5 Å². The maximum atomic E-state index is 12.9. The molecule has 3 heterocycles. The van der Waals surface area contributed by atoms with E-state index in [0.29, 0.717) is 17.1 Å². The van der Waals surface area contributed by atoms with Crippen LogP contribution in [0.5, 0.6) is 0 Å². The quantitative estimate of drug-likeness (QED) is 0.496. The molecule has 0 saturated carbocycles. The van der Waals surface area contributed by atoms with Crippen molar-refractivity contribution in [2.24, 2.45) is 7.05 Å². The van der Waals surface area contributed by atoms with E-state index in [1.165, 1.54) is 11.3 Å². The Balaban J connectivity index is 1.45. The number of esters is 1. The van der Waals surface area contributed by atoms with E-state index < -0.39 is 18.0 Å². The highest BCUT2D eigenvalue weighted by Crippen LogP contribution is 2.38. The van der Waals surface area contributed by atoms with E-state index in [1.807, 2.05) is 60.3 Å². The van der Waals surface area contributed by atoms with Crippen LogP contribution in [0.2, 0.25) is 0 Å².